The molecule has 0 fully saturated rings. The van der Waals surface area contributed by atoms with Crippen molar-refractivity contribution >= 4 is 92.3 Å². The minimum Gasteiger partial charge on any atom is -0.455 e. The topological polar surface area (TPSA) is 21.3 Å². The van der Waals surface area contributed by atoms with Crippen LogP contribution in [0.1, 0.15) is 0 Å². The van der Waals surface area contributed by atoms with Gasteiger partial charge in [-0.2, -0.15) is 0 Å². The zero-order valence-electron chi connectivity index (χ0n) is 31.3. The molecule has 0 aliphatic carbocycles. The van der Waals surface area contributed by atoms with Gasteiger partial charge >= 0.3 is 0 Å². The lowest BCUT2D eigenvalue weighted by Gasteiger charge is -2.27. The van der Waals surface area contributed by atoms with Gasteiger partial charge in [0.05, 0.1) is 22.1 Å². The molecule has 0 atom stereocenters. The van der Waals surface area contributed by atoms with E-state index in [4.69, 9.17) is 4.42 Å². The van der Waals surface area contributed by atoms with Crippen LogP contribution in [-0.4, -0.2) is 4.57 Å². The van der Waals surface area contributed by atoms with Gasteiger partial charge in [0.25, 0.3) is 0 Å². The Morgan fingerprint density at radius 1 is 0.414 bits per heavy atom. The number of hydrogen-bond acceptors (Lipinski definition) is 3. The molecule has 58 heavy (non-hydrogen) atoms. The van der Waals surface area contributed by atoms with Gasteiger partial charge in [0.2, 0.25) is 0 Å². The summed E-state index contributed by atoms with van der Waals surface area (Å²) in [6, 6.07) is 74.3. The molecule has 12 aromatic rings. The predicted molar refractivity (Wildman–Crippen MR) is 247 cm³/mol. The van der Waals surface area contributed by atoms with Crippen LogP contribution in [0.4, 0.5) is 17.1 Å². The monoisotopic (exact) mass is 758 g/mol. The number of hydrogen-bond donors (Lipinski definition) is 0. The molecule has 0 saturated carbocycles. The Kier molecular flexibility index (Phi) is 7.40. The number of rotatable bonds is 6. The van der Waals surface area contributed by atoms with Crippen LogP contribution in [0, 0.1) is 0 Å². The summed E-state index contributed by atoms with van der Waals surface area (Å²) in [5.41, 5.74) is 13.1. The van der Waals surface area contributed by atoms with Gasteiger partial charge in [-0.05, 0) is 102 Å². The maximum Gasteiger partial charge on any atom is 0.145 e. The summed E-state index contributed by atoms with van der Waals surface area (Å²) in [6.07, 6.45) is 0. The van der Waals surface area contributed by atoms with Crippen molar-refractivity contribution in [3.8, 4) is 27.9 Å². The van der Waals surface area contributed by atoms with Gasteiger partial charge in [-0.3, -0.25) is 0 Å². The van der Waals surface area contributed by atoms with Crippen molar-refractivity contribution in [2.75, 3.05) is 4.90 Å². The quantitative estimate of drug-likeness (QED) is 0.168. The number of thiophene rings is 1. The predicted octanol–water partition coefficient (Wildman–Crippen LogP) is 15.9. The van der Waals surface area contributed by atoms with E-state index in [2.05, 4.69) is 216 Å². The summed E-state index contributed by atoms with van der Waals surface area (Å²) in [5.74, 6) is 0. The van der Waals surface area contributed by atoms with Crippen LogP contribution < -0.4 is 4.90 Å². The Balaban J connectivity index is 1.08. The zero-order chi connectivity index (χ0) is 38.2. The molecule has 0 unspecified atom stereocenters. The first-order chi connectivity index (χ1) is 28.8. The summed E-state index contributed by atoms with van der Waals surface area (Å²) in [4.78, 5) is 2.39. The molecule has 4 heteroatoms. The van der Waals surface area contributed by atoms with E-state index < -0.39 is 0 Å². The van der Waals surface area contributed by atoms with Crippen molar-refractivity contribution in [3.63, 3.8) is 0 Å². The van der Waals surface area contributed by atoms with Crippen molar-refractivity contribution in [2.24, 2.45) is 0 Å². The van der Waals surface area contributed by atoms with Gasteiger partial charge in [-0.15, -0.1) is 11.3 Å². The minimum absolute atomic E-state index is 0.867. The molecule has 0 spiro atoms. The number of para-hydroxylation sites is 4. The molecule has 12 rings (SSSR count). The first-order valence-corrected chi connectivity index (χ1v) is 20.5. The van der Waals surface area contributed by atoms with Crippen LogP contribution in [0.25, 0.3) is 91.9 Å². The number of furan rings is 1. The smallest absolute Gasteiger partial charge is 0.145 e. The standard InChI is InChI=1S/C54H34N2OS/c1-3-17-37(18-4-1)55(39-29-31-47-45(34-39)42-21-7-10-25-46(42)56(47)38-19-5-2-6-20-38)48-32-30-41(54-53(48)43-22-8-11-26-49(43)57-54)36-16-13-15-35(33-36)40-24-14-28-51-52(40)44-23-9-12-27-50(44)58-51/h1-34H. The first-order valence-electron chi connectivity index (χ1n) is 19.7. The van der Waals surface area contributed by atoms with Gasteiger partial charge < -0.3 is 13.9 Å². The van der Waals surface area contributed by atoms with Crippen molar-refractivity contribution in [1.82, 2.24) is 4.57 Å². The maximum absolute atomic E-state index is 6.91. The Morgan fingerprint density at radius 3 is 1.95 bits per heavy atom. The number of nitrogens with zero attached hydrogens (tertiary/aromatic N) is 2. The first kappa shape index (κ1) is 32.8. The average molecular weight is 759 g/mol. The van der Waals surface area contributed by atoms with Crippen molar-refractivity contribution in [3.05, 3.63) is 206 Å². The van der Waals surface area contributed by atoms with E-state index in [1.807, 2.05) is 11.3 Å². The zero-order valence-corrected chi connectivity index (χ0v) is 32.2. The van der Waals surface area contributed by atoms with Crippen LogP contribution in [0.2, 0.25) is 0 Å². The highest BCUT2D eigenvalue weighted by molar-refractivity contribution is 7.25. The van der Waals surface area contributed by atoms with Crippen LogP contribution >= 0.6 is 11.3 Å². The van der Waals surface area contributed by atoms with Gasteiger partial charge in [0, 0.05) is 59.0 Å². The van der Waals surface area contributed by atoms with E-state index in [1.165, 1.54) is 53.1 Å². The van der Waals surface area contributed by atoms with Crippen LogP contribution in [0.15, 0.2) is 211 Å². The SMILES string of the molecule is c1ccc(N(c2ccc3c(c2)c2ccccc2n3-c2ccccc2)c2ccc(-c3cccc(-c4cccc5sc6ccccc6c45)c3)c3oc4ccccc4c23)cc1. The fraction of sp³-hybridized carbons (Fsp3) is 0. The Bertz CT molecular complexity index is 3520. The molecule has 0 aliphatic heterocycles. The molecule has 3 nitrogen and oxygen atoms in total. The Labute approximate surface area is 338 Å². The van der Waals surface area contributed by atoms with E-state index in [0.29, 0.717) is 0 Å². The molecule has 9 aromatic carbocycles. The molecule has 272 valence electrons. The number of anilines is 3. The molecule has 0 amide bonds. The molecular weight excluding hydrogens is 725 g/mol. The molecular formula is C54H34N2OS. The van der Waals surface area contributed by atoms with Gasteiger partial charge in [-0.1, -0.05) is 121 Å². The van der Waals surface area contributed by atoms with Gasteiger partial charge in [0.1, 0.15) is 11.2 Å². The van der Waals surface area contributed by atoms with E-state index in [-0.39, 0.29) is 0 Å². The summed E-state index contributed by atoms with van der Waals surface area (Å²) in [7, 11) is 0. The normalized spacial score (nSPS) is 11.8. The van der Waals surface area contributed by atoms with Gasteiger partial charge in [0.15, 0.2) is 0 Å². The molecule has 0 aliphatic rings. The highest BCUT2D eigenvalue weighted by Gasteiger charge is 2.24. The van der Waals surface area contributed by atoms with E-state index in [9.17, 15) is 0 Å². The fourth-order valence-corrected chi connectivity index (χ4v) is 10.2. The summed E-state index contributed by atoms with van der Waals surface area (Å²) in [5, 5.41) is 7.20. The third-order valence-corrected chi connectivity index (χ3v) is 12.7. The molecule has 3 aromatic heterocycles. The van der Waals surface area contributed by atoms with Crippen LogP contribution in [0.5, 0.6) is 0 Å². The van der Waals surface area contributed by atoms with Gasteiger partial charge in [-0.25, -0.2) is 0 Å². The third-order valence-electron chi connectivity index (χ3n) is 11.6. The minimum atomic E-state index is 0.867. The molecule has 0 N–H and O–H groups in total. The average Bonchev–Trinajstić information content (AvgIpc) is 3.97. The largest absolute Gasteiger partial charge is 0.455 e. The van der Waals surface area contributed by atoms with Crippen molar-refractivity contribution in [1.29, 1.82) is 0 Å². The number of fused-ring (bicyclic) bond motifs is 9. The Hall–Kier alpha value is -7.40. The molecule has 0 radical (unpaired) electrons. The van der Waals surface area contributed by atoms with E-state index >= 15 is 0 Å². The van der Waals surface area contributed by atoms with Crippen LogP contribution in [-0.2, 0) is 0 Å². The Morgan fingerprint density at radius 2 is 1.09 bits per heavy atom. The summed E-state index contributed by atoms with van der Waals surface area (Å²) in [6.45, 7) is 0. The lowest BCUT2D eigenvalue weighted by Crippen LogP contribution is -2.10. The summed E-state index contributed by atoms with van der Waals surface area (Å²) < 4.78 is 11.9. The second-order valence-corrected chi connectivity index (χ2v) is 15.9. The second-order valence-electron chi connectivity index (χ2n) is 14.9. The van der Waals surface area contributed by atoms with Crippen molar-refractivity contribution < 1.29 is 4.42 Å². The second kappa shape index (κ2) is 13.1. The lowest BCUT2D eigenvalue weighted by atomic mass is 9.94. The maximum atomic E-state index is 6.91. The highest BCUT2D eigenvalue weighted by atomic mass is 32.1. The van der Waals surface area contributed by atoms with E-state index in [0.717, 1.165) is 55.8 Å². The third kappa shape index (κ3) is 5.05. The van der Waals surface area contributed by atoms with Crippen molar-refractivity contribution in [2.45, 2.75) is 0 Å². The number of benzene rings is 9. The highest BCUT2D eigenvalue weighted by Crippen LogP contribution is 2.48. The molecule has 3 heterocycles. The summed E-state index contributed by atoms with van der Waals surface area (Å²) >= 11 is 1.86. The van der Waals surface area contributed by atoms with Crippen LogP contribution in [0.3, 0.4) is 0 Å². The van der Waals surface area contributed by atoms with E-state index in [1.54, 1.807) is 0 Å². The number of aromatic nitrogens is 1. The molecule has 0 bridgehead atoms. The fourth-order valence-electron chi connectivity index (χ4n) is 9.05. The molecule has 0 saturated heterocycles. The lowest BCUT2D eigenvalue weighted by molar-refractivity contribution is 0.670.